The van der Waals surface area contributed by atoms with E-state index in [9.17, 15) is 5.21 Å². The molecule has 4 atom stereocenters. The molecule has 0 bridgehead atoms. The Balaban J connectivity index is 1.53. The van der Waals surface area contributed by atoms with Gasteiger partial charge in [-0.2, -0.15) is 5.06 Å². The Bertz CT molecular complexity index is 967. The summed E-state index contributed by atoms with van der Waals surface area (Å²) in [6.07, 6.45) is 0.493. The summed E-state index contributed by atoms with van der Waals surface area (Å²) in [5, 5.41) is 12.0. The summed E-state index contributed by atoms with van der Waals surface area (Å²) in [6, 6.07) is 29.6. The molecule has 33 heavy (non-hydrogen) atoms. The maximum absolute atomic E-state index is 10.8. The number of nitrogens with zero attached hydrogens (tertiary/aromatic N) is 1. The van der Waals surface area contributed by atoms with E-state index in [-0.39, 0.29) is 12.2 Å². The molecule has 1 N–H and O–H groups in total. The van der Waals surface area contributed by atoms with Crippen molar-refractivity contribution >= 4 is 0 Å². The normalized spacial score (nSPS) is 23.3. The first kappa shape index (κ1) is 23.4. The van der Waals surface area contributed by atoms with Crippen LogP contribution < -0.4 is 0 Å². The smallest absolute Gasteiger partial charge is 0.113 e. The summed E-state index contributed by atoms with van der Waals surface area (Å²) in [4.78, 5) is 0. The quantitative estimate of drug-likeness (QED) is 0.445. The Kier molecular flexibility index (Phi) is 8.41. The molecule has 5 nitrogen and oxygen atoms in total. The van der Waals surface area contributed by atoms with Crippen LogP contribution in [0.5, 0.6) is 0 Å². The van der Waals surface area contributed by atoms with Gasteiger partial charge in [0.2, 0.25) is 0 Å². The van der Waals surface area contributed by atoms with Crippen LogP contribution >= 0.6 is 0 Å². The molecule has 0 aliphatic carbocycles. The minimum absolute atomic E-state index is 0.300. The fourth-order valence-corrected chi connectivity index (χ4v) is 4.10. The second-order valence-electron chi connectivity index (χ2n) is 8.21. The maximum atomic E-state index is 10.8. The molecule has 0 aromatic heterocycles. The number of hydroxylamine groups is 2. The van der Waals surface area contributed by atoms with Crippen LogP contribution in [0.3, 0.4) is 0 Å². The summed E-state index contributed by atoms with van der Waals surface area (Å²) in [7, 11) is 0. The summed E-state index contributed by atoms with van der Waals surface area (Å²) >= 11 is 0. The molecule has 1 heterocycles. The fraction of sp³-hybridized carbons (Fsp3) is 0.286. The monoisotopic (exact) mass is 445 g/mol. The summed E-state index contributed by atoms with van der Waals surface area (Å²) < 4.78 is 19.0. The van der Waals surface area contributed by atoms with Crippen LogP contribution in [0.15, 0.2) is 104 Å². The van der Waals surface area contributed by atoms with E-state index in [1.54, 1.807) is 6.08 Å². The molecule has 0 spiro atoms. The van der Waals surface area contributed by atoms with E-state index in [0.717, 1.165) is 16.7 Å². The van der Waals surface area contributed by atoms with E-state index >= 15 is 0 Å². The lowest BCUT2D eigenvalue weighted by Crippen LogP contribution is -2.61. The van der Waals surface area contributed by atoms with E-state index in [4.69, 9.17) is 14.2 Å². The van der Waals surface area contributed by atoms with Crippen LogP contribution in [0.1, 0.15) is 16.7 Å². The van der Waals surface area contributed by atoms with Crippen molar-refractivity contribution in [3.63, 3.8) is 0 Å². The lowest BCUT2D eigenvalue weighted by molar-refractivity contribution is -0.256. The standard InChI is InChI=1S/C28H31NO4/c1-2-25-27(32-20-23-14-8-4-9-15-23)28(33-21-24-16-10-5-11-17-24)26(18-29(25)30)31-19-22-12-6-3-7-13-22/h2-17,25-28,30H,1,18-21H2/t25-,26-,27-,28-/m0/s1. The van der Waals surface area contributed by atoms with E-state index in [1.807, 2.05) is 91.0 Å². The lowest BCUT2D eigenvalue weighted by Gasteiger charge is -2.45. The molecule has 1 aliphatic rings. The summed E-state index contributed by atoms with van der Waals surface area (Å²) in [5.41, 5.74) is 3.19. The molecular formula is C28H31NO4. The number of piperidine rings is 1. The maximum Gasteiger partial charge on any atom is 0.113 e. The highest BCUT2D eigenvalue weighted by molar-refractivity contribution is 5.16. The molecule has 1 aliphatic heterocycles. The minimum Gasteiger partial charge on any atom is -0.369 e. The number of rotatable bonds is 10. The topological polar surface area (TPSA) is 51.2 Å². The average molecular weight is 446 g/mol. The van der Waals surface area contributed by atoms with Gasteiger partial charge in [0.15, 0.2) is 0 Å². The molecular weight excluding hydrogens is 414 g/mol. The van der Waals surface area contributed by atoms with Crippen LogP contribution in [0.25, 0.3) is 0 Å². The van der Waals surface area contributed by atoms with Gasteiger partial charge in [-0.15, -0.1) is 6.58 Å². The van der Waals surface area contributed by atoms with Crippen LogP contribution in [-0.2, 0) is 34.0 Å². The van der Waals surface area contributed by atoms with Gasteiger partial charge in [0.25, 0.3) is 0 Å². The zero-order chi connectivity index (χ0) is 22.9. The summed E-state index contributed by atoms with van der Waals surface area (Å²) in [6.45, 7) is 5.49. The van der Waals surface area contributed by atoms with Gasteiger partial charge >= 0.3 is 0 Å². The zero-order valence-corrected chi connectivity index (χ0v) is 18.7. The van der Waals surface area contributed by atoms with Crippen molar-refractivity contribution in [1.82, 2.24) is 5.06 Å². The van der Waals surface area contributed by atoms with Crippen LogP contribution in [-0.4, -0.2) is 41.2 Å². The second kappa shape index (κ2) is 11.9. The van der Waals surface area contributed by atoms with Crippen LogP contribution in [0, 0.1) is 0 Å². The van der Waals surface area contributed by atoms with Gasteiger partial charge in [-0.25, -0.2) is 0 Å². The van der Waals surface area contributed by atoms with E-state index in [1.165, 1.54) is 5.06 Å². The molecule has 0 amide bonds. The first-order valence-corrected chi connectivity index (χ1v) is 11.3. The van der Waals surface area contributed by atoms with Crippen LogP contribution in [0.2, 0.25) is 0 Å². The van der Waals surface area contributed by atoms with Gasteiger partial charge in [-0.05, 0) is 16.7 Å². The van der Waals surface area contributed by atoms with Crippen molar-refractivity contribution in [1.29, 1.82) is 0 Å². The molecule has 0 saturated carbocycles. The SMILES string of the molecule is C=C[C@H]1[C@H](OCc2ccccc2)[C@@H](OCc2ccccc2)[C@@H](OCc2ccccc2)CN1O. The third-order valence-electron chi connectivity index (χ3n) is 5.86. The Labute approximate surface area is 195 Å². The van der Waals surface area contributed by atoms with E-state index in [2.05, 4.69) is 6.58 Å². The highest BCUT2D eigenvalue weighted by atomic mass is 16.6. The first-order valence-electron chi connectivity index (χ1n) is 11.3. The molecule has 3 aromatic rings. The van der Waals surface area contributed by atoms with Gasteiger partial charge in [-0.1, -0.05) is 97.1 Å². The van der Waals surface area contributed by atoms with Crippen molar-refractivity contribution in [2.75, 3.05) is 6.54 Å². The van der Waals surface area contributed by atoms with Gasteiger partial charge < -0.3 is 19.4 Å². The molecule has 5 heteroatoms. The molecule has 0 radical (unpaired) electrons. The van der Waals surface area contributed by atoms with Gasteiger partial charge in [0, 0.05) is 0 Å². The Morgan fingerprint density at radius 2 is 1.12 bits per heavy atom. The zero-order valence-electron chi connectivity index (χ0n) is 18.7. The number of ether oxygens (including phenoxy) is 3. The van der Waals surface area contributed by atoms with Gasteiger partial charge in [0.1, 0.15) is 18.3 Å². The summed E-state index contributed by atoms with van der Waals surface area (Å²) in [5.74, 6) is 0. The van der Waals surface area contributed by atoms with Gasteiger partial charge in [0.05, 0.1) is 32.4 Å². The third kappa shape index (κ3) is 6.38. The third-order valence-corrected chi connectivity index (χ3v) is 5.86. The highest BCUT2D eigenvalue weighted by Crippen LogP contribution is 2.28. The van der Waals surface area contributed by atoms with Crippen molar-refractivity contribution in [2.45, 2.75) is 44.2 Å². The molecule has 4 rings (SSSR count). The lowest BCUT2D eigenvalue weighted by atomic mass is 9.94. The van der Waals surface area contributed by atoms with Crippen LogP contribution in [0.4, 0.5) is 0 Å². The fourth-order valence-electron chi connectivity index (χ4n) is 4.10. The Morgan fingerprint density at radius 3 is 1.58 bits per heavy atom. The highest BCUT2D eigenvalue weighted by Gasteiger charge is 2.44. The van der Waals surface area contributed by atoms with Gasteiger partial charge in [-0.3, -0.25) is 0 Å². The van der Waals surface area contributed by atoms with E-state index in [0.29, 0.717) is 26.4 Å². The number of benzene rings is 3. The van der Waals surface area contributed by atoms with Crippen molar-refractivity contribution in [2.24, 2.45) is 0 Å². The Morgan fingerprint density at radius 1 is 0.697 bits per heavy atom. The molecule has 172 valence electrons. The number of hydrogen-bond acceptors (Lipinski definition) is 5. The number of hydrogen-bond donors (Lipinski definition) is 1. The minimum atomic E-state index is -0.453. The van der Waals surface area contributed by atoms with Crippen molar-refractivity contribution in [3.8, 4) is 0 Å². The average Bonchev–Trinajstić information content (AvgIpc) is 2.87. The molecule has 1 saturated heterocycles. The predicted molar refractivity (Wildman–Crippen MR) is 128 cm³/mol. The largest absolute Gasteiger partial charge is 0.369 e. The first-order chi connectivity index (χ1) is 16.2. The molecule has 3 aromatic carbocycles. The molecule has 0 unspecified atom stereocenters. The van der Waals surface area contributed by atoms with E-state index < -0.39 is 12.1 Å². The van der Waals surface area contributed by atoms with Crippen molar-refractivity contribution in [3.05, 3.63) is 120 Å². The predicted octanol–water partition coefficient (Wildman–Crippen LogP) is 5.00. The Hall–Kier alpha value is -2.80. The molecule has 1 fully saturated rings. The second-order valence-corrected chi connectivity index (χ2v) is 8.21. The van der Waals surface area contributed by atoms with Crippen molar-refractivity contribution < 1.29 is 19.4 Å².